The van der Waals surface area contributed by atoms with E-state index in [0.29, 0.717) is 0 Å². The second-order valence-corrected chi connectivity index (χ2v) is 4.32. The van der Waals surface area contributed by atoms with E-state index in [-0.39, 0.29) is 6.10 Å². The Morgan fingerprint density at radius 3 is 3.00 bits per heavy atom. The third-order valence-electron chi connectivity index (χ3n) is 3.33. The maximum Gasteiger partial charge on any atom is 0.0830 e. The SMILES string of the molecule is CC[C@@H]1OCc2c(-c3cccnc3)cccc21. The Morgan fingerprint density at radius 1 is 1.29 bits per heavy atom. The fourth-order valence-electron chi connectivity index (χ4n) is 2.47. The molecule has 0 bridgehead atoms. The Kier molecular flexibility index (Phi) is 2.65. The number of ether oxygens (including phenoxy) is 1. The summed E-state index contributed by atoms with van der Waals surface area (Å²) in [5, 5.41) is 0. The van der Waals surface area contributed by atoms with Crippen LogP contribution in [0.2, 0.25) is 0 Å². The molecule has 2 nitrogen and oxygen atoms in total. The Morgan fingerprint density at radius 2 is 2.24 bits per heavy atom. The first kappa shape index (κ1) is 10.5. The smallest absolute Gasteiger partial charge is 0.0830 e. The first-order chi connectivity index (χ1) is 8.40. The number of rotatable bonds is 2. The van der Waals surface area contributed by atoms with Crippen molar-refractivity contribution in [3.8, 4) is 11.1 Å². The fourth-order valence-corrected chi connectivity index (χ4v) is 2.47. The predicted octanol–water partition coefficient (Wildman–Crippen LogP) is 3.73. The van der Waals surface area contributed by atoms with Gasteiger partial charge in [-0.1, -0.05) is 31.2 Å². The quantitative estimate of drug-likeness (QED) is 0.777. The van der Waals surface area contributed by atoms with Gasteiger partial charge >= 0.3 is 0 Å². The highest BCUT2D eigenvalue weighted by Gasteiger charge is 2.23. The molecule has 0 spiro atoms. The van der Waals surface area contributed by atoms with Gasteiger partial charge in [-0.25, -0.2) is 0 Å². The van der Waals surface area contributed by atoms with Crippen molar-refractivity contribution in [3.05, 3.63) is 53.9 Å². The monoisotopic (exact) mass is 225 g/mol. The van der Waals surface area contributed by atoms with E-state index >= 15 is 0 Å². The average Bonchev–Trinajstić information content (AvgIpc) is 2.82. The molecule has 2 aromatic rings. The van der Waals surface area contributed by atoms with E-state index in [4.69, 9.17) is 4.74 Å². The normalized spacial score (nSPS) is 18.1. The number of aromatic nitrogens is 1. The summed E-state index contributed by atoms with van der Waals surface area (Å²) in [5.41, 5.74) is 5.09. The van der Waals surface area contributed by atoms with Gasteiger partial charge in [0.1, 0.15) is 0 Å². The molecule has 0 saturated heterocycles. The van der Waals surface area contributed by atoms with Crippen LogP contribution in [0.4, 0.5) is 0 Å². The van der Waals surface area contributed by atoms with E-state index in [1.165, 1.54) is 22.3 Å². The van der Waals surface area contributed by atoms with Gasteiger partial charge < -0.3 is 4.74 Å². The summed E-state index contributed by atoms with van der Waals surface area (Å²) in [5.74, 6) is 0. The summed E-state index contributed by atoms with van der Waals surface area (Å²) in [6.45, 7) is 2.88. The zero-order valence-electron chi connectivity index (χ0n) is 9.89. The van der Waals surface area contributed by atoms with Crippen LogP contribution in [0.25, 0.3) is 11.1 Å². The zero-order chi connectivity index (χ0) is 11.7. The van der Waals surface area contributed by atoms with Crippen molar-refractivity contribution >= 4 is 0 Å². The molecule has 86 valence electrons. The molecule has 1 aliphatic rings. The van der Waals surface area contributed by atoms with Crippen LogP contribution in [-0.4, -0.2) is 4.98 Å². The molecule has 2 heterocycles. The molecule has 3 rings (SSSR count). The second kappa shape index (κ2) is 4.30. The topological polar surface area (TPSA) is 22.1 Å². The lowest BCUT2D eigenvalue weighted by molar-refractivity contribution is 0.0637. The van der Waals surface area contributed by atoms with Gasteiger partial charge in [-0.2, -0.15) is 0 Å². The predicted molar refractivity (Wildman–Crippen MR) is 67.5 cm³/mol. The van der Waals surface area contributed by atoms with E-state index in [9.17, 15) is 0 Å². The molecule has 0 aliphatic carbocycles. The van der Waals surface area contributed by atoms with Crippen LogP contribution >= 0.6 is 0 Å². The summed E-state index contributed by atoms with van der Waals surface area (Å²) in [7, 11) is 0. The molecule has 0 saturated carbocycles. The van der Waals surface area contributed by atoms with Crippen molar-refractivity contribution < 1.29 is 4.74 Å². The third kappa shape index (κ3) is 1.75. The Labute approximate surface area is 101 Å². The summed E-state index contributed by atoms with van der Waals surface area (Å²) in [6.07, 6.45) is 5.01. The van der Waals surface area contributed by atoms with Crippen LogP contribution in [0.1, 0.15) is 30.6 Å². The molecule has 0 fully saturated rings. The summed E-state index contributed by atoms with van der Waals surface area (Å²) < 4.78 is 5.81. The molecule has 1 aliphatic heterocycles. The molecule has 0 N–H and O–H groups in total. The number of benzene rings is 1. The van der Waals surface area contributed by atoms with Gasteiger partial charge in [0.2, 0.25) is 0 Å². The highest BCUT2D eigenvalue weighted by molar-refractivity contribution is 5.68. The standard InChI is InChI=1S/C15H15NO/c1-2-15-13-7-3-6-12(14(13)10-17-15)11-5-4-8-16-9-11/h3-9,15H,2,10H2,1H3/t15-/m0/s1. The number of nitrogens with zero attached hydrogens (tertiary/aromatic N) is 1. The van der Waals surface area contributed by atoms with E-state index in [0.717, 1.165) is 13.0 Å². The number of fused-ring (bicyclic) bond motifs is 1. The number of hydrogen-bond acceptors (Lipinski definition) is 2. The molecule has 2 heteroatoms. The van der Waals surface area contributed by atoms with Crippen LogP contribution in [0.15, 0.2) is 42.7 Å². The van der Waals surface area contributed by atoms with Gasteiger partial charge in [0.05, 0.1) is 12.7 Å². The Hall–Kier alpha value is -1.67. The molecule has 0 amide bonds. The van der Waals surface area contributed by atoms with Gasteiger partial charge in [0.15, 0.2) is 0 Å². The maximum absolute atomic E-state index is 5.81. The van der Waals surface area contributed by atoms with Crippen LogP contribution in [-0.2, 0) is 11.3 Å². The van der Waals surface area contributed by atoms with Crippen molar-refractivity contribution in [3.63, 3.8) is 0 Å². The van der Waals surface area contributed by atoms with Gasteiger partial charge in [0, 0.05) is 18.0 Å². The van der Waals surface area contributed by atoms with Gasteiger partial charge in [-0.15, -0.1) is 0 Å². The van der Waals surface area contributed by atoms with Crippen LogP contribution in [0, 0.1) is 0 Å². The van der Waals surface area contributed by atoms with E-state index in [1.54, 1.807) is 6.20 Å². The molecule has 1 aromatic carbocycles. The first-order valence-electron chi connectivity index (χ1n) is 6.04. The van der Waals surface area contributed by atoms with Crippen molar-refractivity contribution in [1.82, 2.24) is 4.98 Å². The van der Waals surface area contributed by atoms with Gasteiger partial charge in [-0.05, 0) is 29.2 Å². The van der Waals surface area contributed by atoms with Gasteiger partial charge in [0.25, 0.3) is 0 Å². The summed E-state index contributed by atoms with van der Waals surface area (Å²) >= 11 is 0. The minimum absolute atomic E-state index is 0.265. The Bertz CT molecular complexity index is 522. The van der Waals surface area contributed by atoms with E-state index < -0.39 is 0 Å². The fraction of sp³-hybridized carbons (Fsp3) is 0.267. The zero-order valence-corrected chi connectivity index (χ0v) is 9.89. The molecule has 0 radical (unpaired) electrons. The molecular formula is C15H15NO. The first-order valence-corrected chi connectivity index (χ1v) is 6.04. The minimum Gasteiger partial charge on any atom is -0.369 e. The second-order valence-electron chi connectivity index (χ2n) is 4.32. The molecule has 17 heavy (non-hydrogen) atoms. The highest BCUT2D eigenvalue weighted by Crippen LogP contribution is 2.38. The number of hydrogen-bond donors (Lipinski definition) is 0. The number of pyridine rings is 1. The lowest BCUT2D eigenvalue weighted by atomic mass is 9.95. The largest absolute Gasteiger partial charge is 0.369 e. The average molecular weight is 225 g/mol. The summed E-state index contributed by atoms with van der Waals surface area (Å²) in [4.78, 5) is 4.18. The minimum atomic E-state index is 0.265. The van der Waals surface area contributed by atoms with E-state index in [2.05, 4.69) is 36.2 Å². The highest BCUT2D eigenvalue weighted by atomic mass is 16.5. The van der Waals surface area contributed by atoms with E-state index in [1.807, 2.05) is 12.3 Å². The molecule has 1 aromatic heterocycles. The molecule has 0 unspecified atom stereocenters. The van der Waals surface area contributed by atoms with Crippen molar-refractivity contribution in [2.24, 2.45) is 0 Å². The van der Waals surface area contributed by atoms with Gasteiger partial charge in [-0.3, -0.25) is 4.98 Å². The summed E-state index contributed by atoms with van der Waals surface area (Å²) in [6, 6.07) is 10.5. The molecule has 1 atom stereocenters. The van der Waals surface area contributed by atoms with Crippen molar-refractivity contribution in [2.45, 2.75) is 26.1 Å². The van der Waals surface area contributed by atoms with Crippen molar-refractivity contribution in [1.29, 1.82) is 0 Å². The lowest BCUT2D eigenvalue weighted by Crippen LogP contribution is -1.93. The maximum atomic E-state index is 5.81. The van der Waals surface area contributed by atoms with Crippen LogP contribution in [0.5, 0.6) is 0 Å². The van der Waals surface area contributed by atoms with Crippen LogP contribution in [0.3, 0.4) is 0 Å². The Balaban J connectivity index is 2.12. The van der Waals surface area contributed by atoms with Crippen molar-refractivity contribution in [2.75, 3.05) is 0 Å². The molecular weight excluding hydrogens is 210 g/mol. The lowest BCUT2D eigenvalue weighted by Gasteiger charge is -2.09. The third-order valence-corrected chi connectivity index (χ3v) is 3.33. The van der Waals surface area contributed by atoms with Crippen LogP contribution < -0.4 is 0 Å².